The van der Waals surface area contributed by atoms with Gasteiger partial charge in [0.25, 0.3) is 5.91 Å². The number of primary amides is 1. The summed E-state index contributed by atoms with van der Waals surface area (Å²) < 4.78 is 6.93. The summed E-state index contributed by atoms with van der Waals surface area (Å²) in [4.78, 5) is 37.2. The molecule has 0 radical (unpaired) electrons. The third kappa shape index (κ3) is 5.76. The highest BCUT2D eigenvalue weighted by atomic mass is 35.5. The van der Waals surface area contributed by atoms with Crippen LogP contribution < -0.4 is 5.73 Å². The average Bonchev–Trinajstić information content (AvgIpc) is 3.04. The number of benzene rings is 1. The molecule has 1 aliphatic heterocycles. The third-order valence-corrected chi connectivity index (χ3v) is 6.06. The van der Waals surface area contributed by atoms with Gasteiger partial charge in [0.15, 0.2) is 6.61 Å². The fourth-order valence-corrected chi connectivity index (χ4v) is 3.93. The topological polar surface area (TPSA) is 108 Å². The van der Waals surface area contributed by atoms with E-state index in [4.69, 9.17) is 22.1 Å². The summed E-state index contributed by atoms with van der Waals surface area (Å²) in [5.74, 6) is -1.43. The summed E-state index contributed by atoms with van der Waals surface area (Å²) in [5, 5.41) is 5.21. The lowest BCUT2D eigenvalue weighted by Gasteiger charge is -2.30. The molecule has 1 fully saturated rings. The number of hydrogen-bond acceptors (Lipinski definition) is 5. The van der Waals surface area contributed by atoms with Crippen molar-refractivity contribution in [3.8, 4) is 0 Å². The first-order valence-electron chi connectivity index (χ1n) is 10.5. The van der Waals surface area contributed by atoms with Crippen LogP contribution in [0.4, 0.5) is 0 Å². The molecule has 8 nitrogen and oxygen atoms in total. The molecule has 0 saturated carbocycles. The molecule has 1 saturated heterocycles. The van der Waals surface area contributed by atoms with Crippen LogP contribution in [0, 0.1) is 19.8 Å². The van der Waals surface area contributed by atoms with Gasteiger partial charge in [-0.3, -0.25) is 14.3 Å². The molecule has 2 heterocycles. The van der Waals surface area contributed by atoms with Crippen LogP contribution in [0.15, 0.2) is 30.3 Å². The molecule has 3 rings (SSSR count). The van der Waals surface area contributed by atoms with Gasteiger partial charge >= 0.3 is 5.97 Å². The van der Waals surface area contributed by atoms with Crippen LogP contribution in [-0.4, -0.2) is 52.2 Å². The Morgan fingerprint density at radius 2 is 1.91 bits per heavy atom. The third-order valence-electron chi connectivity index (χ3n) is 5.69. The number of likely N-dealkylation sites (tertiary alicyclic amines) is 1. The standard InChI is InChI=1S/C23H27ClN4O4/c1-15-19(16(2)28(26-15)13-18-5-3-4-6-20(18)24)7-8-22(30)32-14-21(29)27-11-9-17(10-12-27)23(25)31/h3-8,17H,9-14H2,1-2H3,(H2,25,31)/b8-7+. The second-order valence-electron chi connectivity index (χ2n) is 7.83. The molecule has 32 heavy (non-hydrogen) atoms. The zero-order valence-corrected chi connectivity index (χ0v) is 19.0. The number of piperidine rings is 1. The lowest BCUT2D eigenvalue weighted by atomic mass is 9.96. The van der Waals surface area contributed by atoms with E-state index in [0.29, 0.717) is 37.5 Å². The fourth-order valence-electron chi connectivity index (χ4n) is 3.73. The van der Waals surface area contributed by atoms with Crippen molar-refractivity contribution in [1.82, 2.24) is 14.7 Å². The minimum atomic E-state index is -0.608. The van der Waals surface area contributed by atoms with E-state index in [1.165, 1.54) is 6.08 Å². The van der Waals surface area contributed by atoms with Crippen molar-refractivity contribution in [2.24, 2.45) is 11.7 Å². The van der Waals surface area contributed by atoms with Gasteiger partial charge in [0.1, 0.15) is 0 Å². The zero-order chi connectivity index (χ0) is 23.3. The first-order valence-corrected chi connectivity index (χ1v) is 10.8. The Morgan fingerprint density at radius 3 is 2.56 bits per heavy atom. The number of aromatic nitrogens is 2. The van der Waals surface area contributed by atoms with Crippen LogP contribution >= 0.6 is 11.6 Å². The molecule has 0 atom stereocenters. The van der Waals surface area contributed by atoms with Gasteiger partial charge < -0.3 is 15.4 Å². The maximum atomic E-state index is 12.3. The van der Waals surface area contributed by atoms with E-state index in [9.17, 15) is 14.4 Å². The van der Waals surface area contributed by atoms with Gasteiger partial charge in [0, 0.05) is 41.4 Å². The maximum absolute atomic E-state index is 12.3. The fraction of sp³-hybridized carbons (Fsp3) is 0.391. The first kappa shape index (κ1) is 23.5. The number of hydrogen-bond donors (Lipinski definition) is 1. The number of ether oxygens (including phenoxy) is 1. The average molecular weight is 459 g/mol. The van der Waals surface area contributed by atoms with Crippen molar-refractivity contribution in [3.05, 3.63) is 57.9 Å². The van der Waals surface area contributed by atoms with Crippen LogP contribution in [0.5, 0.6) is 0 Å². The number of rotatable bonds is 7. The lowest BCUT2D eigenvalue weighted by Crippen LogP contribution is -2.43. The second kappa shape index (κ2) is 10.5. The summed E-state index contributed by atoms with van der Waals surface area (Å²) in [6.07, 6.45) is 4.01. The van der Waals surface area contributed by atoms with Gasteiger partial charge in [-0.25, -0.2) is 4.79 Å². The van der Waals surface area contributed by atoms with Gasteiger partial charge in [0.2, 0.25) is 5.91 Å². The summed E-state index contributed by atoms with van der Waals surface area (Å²) >= 11 is 6.25. The highest BCUT2D eigenvalue weighted by Gasteiger charge is 2.26. The molecule has 1 aromatic heterocycles. The molecule has 1 aromatic carbocycles. The van der Waals surface area contributed by atoms with Crippen LogP contribution in [0.1, 0.15) is 35.4 Å². The van der Waals surface area contributed by atoms with Gasteiger partial charge in [0.05, 0.1) is 12.2 Å². The number of aryl methyl sites for hydroxylation is 1. The van der Waals surface area contributed by atoms with Crippen LogP contribution in [0.25, 0.3) is 6.08 Å². The van der Waals surface area contributed by atoms with E-state index in [2.05, 4.69) is 5.10 Å². The van der Waals surface area contributed by atoms with Crippen LogP contribution in [0.2, 0.25) is 5.02 Å². The number of amides is 2. The molecule has 2 amide bonds. The Kier molecular flexibility index (Phi) is 7.69. The molecule has 170 valence electrons. The molecule has 1 aliphatic rings. The Balaban J connectivity index is 1.54. The highest BCUT2D eigenvalue weighted by Crippen LogP contribution is 2.20. The van der Waals surface area contributed by atoms with Crippen molar-refractivity contribution < 1.29 is 19.1 Å². The predicted molar refractivity (Wildman–Crippen MR) is 121 cm³/mol. The molecular formula is C23H27ClN4O4. The second-order valence-corrected chi connectivity index (χ2v) is 8.24. The minimum Gasteiger partial charge on any atom is -0.452 e. The minimum absolute atomic E-state index is 0.199. The van der Waals surface area contributed by atoms with Crippen molar-refractivity contribution in [2.45, 2.75) is 33.2 Å². The number of nitrogens with zero attached hydrogens (tertiary/aromatic N) is 3. The van der Waals surface area contributed by atoms with Crippen molar-refractivity contribution in [2.75, 3.05) is 19.7 Å². The Morgan fingerprint density at radius 1 is 1.22 bits per heavy atom. The molecule has 2 N–H and O–H groups in total. The molecule has 9 heteroatoms. The smallest absolute Gasteiger partial charge is 0.331 e. The molecule has 2 aromatic rings. The van der Waals surface area contributed by atoms with E-state index >= 15 is 0 Å². The van der Waals surface area contributed by atoms with Gasteiger partial charge in [-0.15, -0.1) is 0 Å². The largest absolute Gasteiger partial charge is 0.452 e. The quantitative estimate of drug-likeness (QED) is 0.506. The van der Waals surface area contributed by atoms with Crippen molar-refractivity contribution in [3.63, 3.8) is 0 Å². The van der Waals surface area contributed by atoms with E-state index in [-0.39, 0.29) is 24.3 Å². The highest BCUT2D eigenvalue weighted by molar-refractivity contribution is 6.31. The summed E-state index contributed by atoms with van der Waals surface area (Å²) in [6, 6.07) is 7.57. The Hall–Kier alpha value is -3.13. The molecule has 0 spiro atoms. The van der Waals surface area contributed by atoms with Crippen LogP contribution in [0.3, 0.4) is 0 Å². The zero-order valence-electron chi connectivity index (χ0n) is 18.2. The number of halogens is 1. The SMILES string of the molecule is Cc1nn(Cc2ccccc2Cl)c(C)c1/C=C/C(=O)OCC(=O)N1CCC(C(N)=O)CC1. The molecule has 0 aliphatic carbocycles. The van der Waals surface area contributed by atoms with E-state index in [0.717, 1.165) is 22.5 Å². The number of nitrogens with two attached hydrogens (primary N) is 1. The number of carbonyl (C=O) groups is 3. The predicted octanol–water partition coefficient (Wildman–Crippen LogP) is 2.48. The van der Waals surface area contributed by atoms with Crippen LogP contribution in [-0.2, 0) is 25.7 Å². The van der Waals surface area contributed by atoms with E-state index in [1.807, 2.05) is 42.8 Å². The Bertz CT molecular complexity index is 1040. The number of esters is 1. The molecule has 0 bridgehead atoms. The summed E-state index contributed by atoms with van der Waals surface area (Å²) in [5.41, 5.74) is 8.73. The normalized spacial score (nSPS) is 14.7. The van der Waals surface area contributed by atoms with E-state index in [1.54, 1.807) is 11.0 Å². The van der Waals surface area contributed by atoms with E-state index < -0.39 is 5.97 Å². The van der Waals surface area contributed by atoms with Crippen molar-refractivity contribution >= 4 is 35.5 Å². The van der Waals surface area contributed by atoms with Gasteiger partial charge in [-0.05, 0) is 44.4 Å². The summed E-state index contributed by atoms with van der Waals surface area (Å²) in [7, 11) is 0. The summed E-state index contributed by atoms with van der Waals surface area (Å²) in [6.45, 7) is 4.83. The first-order chi connectivity index (χ1) is 15.3. The van der Waals surface area contributed by atoms with Gasteiger partial charge in [-0.1, -0.05) is 29.8 Å². The number of carbonyl (C=O) groups excluding carboxylic acids is 3. The lowest BCUT2D eigenvalue weighted by molar-refractivity contribution is -0.149. The monoisotopic (exact) mass is 458 g/mol. The maximum Gasteiger partial charge on any atom is 0.331 e. The van der Waals surface area contributed by atoms with Gasteiger partial charge in [-0.2, -0.15) is 5.10 Å². The van der Waals surface area contributed by atoms with Crippen molar-refractivity contribution in [1.29, 1.82) is 0 Å². The Labute approximate surface area is 192 Å². The molecule has 0 unspecified atom stereocenters. The molecular weight excluding hydrogens is 432 g/mol.